The van der Waals surface area contributed by atoms with E-state index in [0.717, 1.165) is 35.7 Å². The van der Waals surface area contributed by atoms with Gasteiger partial charge in [-0.25, -0.2) is 0 Å². The van der Waals surface area contributed by atoms with Crippen LogP contribution in [0.5, 0.6) is 0 Å². The number of benzene rings is 3. The number of hydrogen-bond donors (Lipinski definition) is 0. The van der Waals surface area contributed by atoms with Crippen molar-refractivity contribution in [3.8, 4) is 11.1 Å². The molecule has 0 N–H and O–H groups in total. The fourth-order valence-corrected chi connectivity index (χ4v) is 11.4. The van der Waals surface area contributed by atoms with Crippen LogP contribution < -0.4 is 0 Å². The minimum Gasteiger partial charge on any atom is -0.138 e. The van der Waals surface area contributed by atoms with Gasteiger partial charge in [0.15, 0.2) is 0 Å². The maximum Gasteiger partial charge on any atom is 0.0363 e. The van der Waals surface area contributed by atoms with Crippen molar-refractivity contribution in [1.82, 2.24) is 0 Å². The molecule has 1 aromatic heterocycles. The van der Waals surface area contributed by atoms with Crippen molar-refractivity contribution in [3.05, 3.63) is 112 Å². The van der Waals surface area contributed by atoms with E-state index in [9.17, 15) is 0 Å². The Morgan fingerprint density at radius 2 is 1.39 bits per heavy atom. The summed E-state index contributed by atoms with van der Waals surface area (Å²) >= 11 is 6.07. The normalized spacial score (nSPS) is 15.3. The number of rotatable bonds is 16. The maximum atomic E-state index is 2.46. The molecule has 4 aromatic rings. The second kappa shape index (κ2) is 19.0. The average molecular weight is 733 g/mol. The molecule has 2 aliphatic rings. The smallest absolute Gasteiger partial charge is 0.0363 e. The first-order valence-corrected chi connectivity index (χ1v) is 22.7. The van der Waals surface area contributed by atoms with Crippen molar-refractivity contribution in [2.24, 2.45) is 17.8 Å². The van der Waals surface area contributed by atoms with E-state index >= 15 is 0 Å². The van der Waals surface area contributed by atoms with Gasteiger partial charge in [0, 0.05) is 36.3 Å². The van der Waals surface area contributed by atoms with Crippen molar-refractivity contribution in [2.45, 2.75) is 133 Å². The zero-order valence-corrected chi connectivity index (χ0v) is 34.4. The molecule has 0 amide bonds. The summed E-state index contributed by atoms with van der Waals surface area (Å²) in [6.45, 7) is 11.8. The van der Waals surface area contributed by atoms with Gasteiger partial charge in [-0.15, -0.1) is 34.9 Å². The van der Waals surface area contributed by atoms with E-state index < -0.39 is 0 Å². The Morgan fingerprint density at radius 3 is 2.22 bits per heavy atom. The molecule has 0 radical (unpaired) electrons. The predicted octanol–water partition coefficient (Wildman–Crippen LogP) is 16.1. The first kappa shape index (κ1) is 38.3. The van der Waals surface area contributed by atoms with Gasteiger partial charge in [-0.1, -0.05) is 158 Å². The van der Waals surface area contributed by atoms with E-state index in [2.05, 4.69) is 120 Å². The zero-order valence-electron chi connectivity index (χ0n) is 31.9. The molecule has 1 aliphatic heterocycles. The molecule has 1 unspecified atom stereocenters. The molecule has 51 heavy (non-hydrogen) atoms. The summed E-state index contributed by atoms with van der Waals surface area (Å²) in [5, 5.41) is 1.43. The third-order valence-corrected chi connectivity index (χ3v) is 14.5. The summed E-state index contributed by atoms with van der Waals surface area (Å²) in [6, 6.07) is 23.7. The van der Waals surface area contributed by atoms with Gasteiger partial charge >= 0.3 is 0 Å². The monoisotopic (exact) mass is 732 g/mol. The van der Waals surface area contributed by atoms with Gasteiger partial charge in [0.25, 0.3) is 0 Å². The third kappa shape index (κ3) is 11.0. The third-order valence-electron chi connectivity index (χ3n) is 10.7. The van der Waals surface area contributed by atoms with Crippen LogP contribution in [-0.2, 0) is 17.9 Å². The molecule has 1 atom stereocenters. The second-order valence-electron chi connectivity index (χ2n) is 16.0. The Balaban J connectivity index is 1.07. The number of hydrogen-bond acceptors (Lipinski definition) is 3. The Labute approximate surface area is 322 Å². The van der Waals surface area contributed by atoms with Crippen LogP contribution in [0.2, 0.25) is 0 Å². The van der Waals surface area contributed by atoms with Gasteiger partial charge in [-0.3, -0.25) is 0 Å². The highest BCUT2D eigenvalue weighted by molar-refractivity contribution is 8.00. The summed E-state index contributed by atoms with van der Waals surface area (Å²) in [5.41, 5.74) is 9.86. The highest BCUT2D eigenvalue weighted by Gasteiger charge is 2.19. The summed E-state index contributed by atoms with van der Waals surface area (Å²) in [4.78, 5) is 4.46. The predicted molar refractivity (Wildman–Crippen MR) is 231 cm³/mol. The molecule has 0 saturated carbocycles. The molecule has 6 rings (SSSR count). The van der Waals surface area contributed by atoms with E-state index in [4.69, 9.17) is 0 Å². The van der Waals surface area contributed by atoms with Crippen molar-refractivity contribution >= 4 is 50.5 Å². The topological polar surface area (TPSA) is 0 Å². The van der Waals surface area contributed by atoms with E-state index in [-0.39, 0.29) is 0 Å². The quantitative estimate of drug-likeness (QED) is 0.105. The van der Waals surface area contributed by atoms with Crippen LogP contribution in [0.3, 0.4) is 0 Å². The molecule has 0 bridgehead atoms. The summed E-state index contributed by atoms with van der Waals surface area (Å²) < 4.78 is 1.42. The highest BCUT2D eigenvalue weighted by Crippen LogP contribution is 2.46. The lowest BCUT2D eigenvalue weighted by Gasteiger charge is -2.15. The minimum atomic E-state index is 0.813. The second-order valence-corrected chi connectivity index (χ2v) is 19.2. The molecule has 0 fully saturated rings. The van der Waals surface area contributed by atoms with Crippen LogP contribution in [0, 0.1) is 17.8 Å². The number of unbranched alkanes of at least 4 members (excludes halogenated alkanes) is 3. The molecule has 0 spiro atoms. The molecule has 2 heterocycles. The SMILES string of the molecule is CC(C)CCCCCCc1ccc(-c2ccc3c4c(sc3c2)CSc2cc(C3=CC=C(CCC(C)CCCC(C)C)CC=C3)ccc2CS4)cc1. The van der Waals surface area contributed by atoms with Gasteiger partial charge in [-0.05, 0) is 95.4 Å². The Hall–Kier alpha value is -2.46. The molecule has 0 nitrogen and oxygen atoms in total. The fraction of sp³-hybridized carbons (Fsp3) is 0.458. The van der Waals surface area contributed by atoms with Crippen molar-refractivity contribution in [3.63, 3.8) is 0 Å². The Kier molecular flexibility index (Phi) is 14.3. The highest BCUT2D eigenvalue weighted by atomic mass is 32.2. The Bertz CT molecular complexity index is 1810. The van der Waals surface area contributed by atoms with Crippen molar-refractivity contribution < 1.29 is 0 Å². The number of thiophene rings is 1. The minimum absolute atomic E-state index is 0.813. The molecule has 270 valence electrons. The van der Waals surface area contributed by atoms with Gasteiger partial charge in [0.1, 0.15) is 0 Å². The van der Waals surface area contributed by atoms with Gasteiger partial charge in [0.2, 0.25) is 0 Å². The lowest BCUT2D eigenvalue weighted by atomic mass is 9.93. The van der Waals surface area contributed by atoms with E-state index in [1.807, 2.05) is 34.9 Å². The van der Waals surface area contributed by atoms with Crippen molar-refractivity contribution in [2.75, 3.05) is 0 Å². The van der Waals surface area contributed by atoms with E-state index in [0.29, 0.717) is 0 Å². The summed E-state index contributed by atoms with van der Waals surface area (Å²) in [7, 11) is 0. The lowest BCUT2D eigenvalue weighted by Crippen LogP contribution is -1.97. The van der Waals surface area contributed by atoms with Gasteiger partial charge < -0.3 is 0 Å². The first-order chi connectivity index (χ1) is 24.8. The molecule has 0 saturated heterocycles. The summed E-state index contributed by atoms with van der Waals surface area (Å²) in [5.74, 6) is 4.53. The van der Waals surface area contributed by atoms with E-state index in [1.54, 1.807) is 5.57 Å². The maximum absolute atomic E-state index is 2.46. The number of aryl methyl sites for hydroxylation is 1. The largest absolute Gasteiger partial charge is 0.138 e. The van der Waals surface area contributed by atoms with Crippen LogP contribution in [-0.4, -0.2) is 0 Å². The molecular weight excluding hydrogens is 673 g/mol. The van der Waals surface area contributed by atoms with E-state index in [1.165, 1.54) is 129 Å². The molecule has 1 aliphatic carbocycles. The number of fused-ring (bicyclic) bond motifs is 4. The molecule has 3 heteroatoms. The standard InChI is InChI=1S/C48H60S3/c1-34(2)12-8-6-7-9-15-37-21-24-40(25-22-37)42-28-29-44-46(31-42)51-47-33-49-45-30-41(26-27-43(45)32-50-48(44)47)39-17-11-16-38(20-23-39)19-18-36(5)14-10-13-35(3)4/h11,17,20-31,34-36H,6-10,12-16,18-19,32-33H2,1-5H3. The Morgan fingerprint density at radius 1 is 0.627 bits per heavy atom. The zero-order chi connectivity index (χ0) is 35.6. The van der Waals surface area contributed by atoms with Crippen LogP contribution in [0.25, 0.3) is 26.8 Å². The molecule has 3 aromatic carbocycles. The van der Waals surface area contributed by atoms with Gasteiger partial charge in [-0.2, -0.15) is 0 Å². The first-order valence-electron chi connectivity index (χ1n) is 19.9. The average Bonchev–Trinajstić information content (AvgIpc) is 3.27. The van der Waals surface area contributed by atoms with Crippen LogP contribution in [0.15, 0.2) is 100 Å². The number of allylic oxidation sites excluding steroid dienone is 6. The fourth-order valence-electron chi connectivity index (χ4n) is 7.43. The van der Waals surface area contributed by atoms with Gasteiger partial charge in [0.05, 0.1) is 0 Å². The van der Waals surface area contributed by atoms with Crippen molar-refractivity contribution in [1.29, 1.82) is 0 Å². The van der Waals surface area contributed by atoms with Crippen LogP contribution >= 0.6 is 34.9 Å². The number of thioether (sulfide) groups is 2. The van der Waals surface area contributed by atoms with Crippen LogP contribution in [0.1, 0.15) is 127 Å². The summed E-state index contributed by atoms with van der Waals surface area (Å²) in [6.07, 6.45) is 25.2. The lowest BCUT2D eigenvalue weighted by molar-refractivity contribution is 0.435. The van der Waals surface area contributed by atoms with Crippen LogP contribution in [0.4, 0.5) is 0 Å². The molecular formula is C48H60S3.